The number of benzene rings is 3. The van der Waals surface area contributed by atoms with Crippen LogP contribution in [0.1, 0.15) is 28.3 Å². The molecule has 10 heteroatoms. The molecule has 1 aliphatic heterocycles. The Labute approximate surface area is 216 Å². The standard InChI is InChI=1S/C25H20Cl3NO6/c26-17-7-8-22(33-14-23(30)31)20(11-17)24-19-4-2-1-3-15(19)9-10-29(24)35-25(32)34-13-16-5-6-18(27)12-21(16)28/h1-8,11-12,24H,9-10,13-14H2,(H,30,31). The third-order valence-corrected chi connectivity index (χ3v) is 6.23. The summed E-state index contributed by atoms with van der Waals surface area (Å²) < 4.78 is 10.8. The summed E-state index contributed by atoms with van der Waals surface area (Å²) in [4.78, 5) is 29.3. The summed E-state index contributed by atoms with van der Waals surface area (Å²) in [7, 11) is 0. The maximum Gasteiger partial charge on any atom is 0.528 e. The van der Waals surface area contributed by atoms with Gasteiger partial charge in [0.15, 0.2) is 6.61 Å². The fourth-order valence-electron chi connectivity index (χ4n) is 3.87. The van der Waals surface area contributed by atoms with Crippen LogP contribution in [-0.4, -0.2) is 35.4 Å². The molecule has 4 rings (SSSR count). The Balaban J connectivity index is 1.60. The van der Waals surface area contributed by atoms with Crippen molar-refractivity contribution in [1.82, 2.24) is 5.06 Å². The minimum absolute atomic E-state index is 0.103. The molecule has 1 aliphatic rings. The Morgan fingerprint density at radius 3 is 2.49 bits per heavy atom. The first-order valence-electron chi connectivity index (χ1n) is 10.6. The molecule has 3 aromatic rings. The van der Waals surface area contributed by atoms with Gasteiger partial charge in [-0.25, -0.2) is 9.59 Å². The lowest BCUT2D eigenvalue weighted by atomic mass is 9.89. The Morgan fingerprint density at radius 1 is 0.971 bits per heavy atom. The van der Waals surface area contributed by atoms with Crippen LogP contribution in [0.25, 0.3) is 0 Å². The summed E-state index contributed by atoms with van der Waals surface area (Å²) in [5.41, 5.74) is 3.06. The van der Waals surface area contributed by atoms with E-state index in [4.69, 9.17) is 54.2 Å². The highest BCUT2D eigenvalue weighted by Gasteiger charge is 2.34. The maximum absolute atomic E-state index is 12.6. The number of carbonyl (C=O) groups excluding carboxylic acids is 1. The molecule has 0 amide bonds. The number of carboxylic acid groups (broad SMARTS) is 1. The second-order valence-electron chi connectivity index (χ2n) is 7.72. The summed E-state index contributed by atoms with van der Waals surface area (Å²) in [5.74, 6) is -0.805. The summed E-state index contributed by atoms with van der Waals surface area (Å²) >= 11 is 18.3. The van der Waals surface area contributed by atoms with E-state index in [1.807, 2.05) is 24.3 Å². The molecule has 0 spiro atoms. The molecule has 35 heavy (non-hydrogen) atoms. The Kier molecular flexibility index (Phi) is 8.03. The van der Waals surface area contributed by atoms with Gasteiger partial charge in [-0.3, -0.25) is 0 Å². The largest absolute Gasteiger partial charge is 0.528 e. The van der Waals surface area contributed by atoms with Gasteiger partial charge in [0.2, 0.25) is 0 Å². The van der Waals surface area contributed by atoms with Gasteiger partial charge in [0.1, 0.15) is 12.4 Å². The normalized spacial score (nSPS) is 15.2. The van der Waals surface area contributed by atoms with E-state index < -0.39 is 24.8 Å². The quantitative estimate of drug-likeness (QED) is 0.353. The van der Waals surface area contributed by atoms with Gasteiger partial charge < -0.3 is 19.4 Å². The van der Waals surface area contributed by atoms with Crippen molar-refractivity contribution in [2.45, 2.75) is 19.1 Å². The Morgan fingerprint density at radius 2 is 1.71 bits per heavy atom. The number of carbonyl (C=O) groups is 2. The topological polar surface area (TPSA) is 85.3 Å². The van der Waals surface area contributed by atoms with Crippen molar-refractivity contribution >= 4 is 46.9 Å². The molecule has 0 saturated heterocycles. The van der Waals surface area contributed by atoms with Crippen LogP contribution in [0.3, 0.4) is 0 Å². The van der Waals surface area contributed by atoms with Gasteiger partial charge in [-0.1, -0.05) is 65.1 Å². The van der Waals surface area contributed by atoms with Crippen LogP contribution in [0.2, 0.25) is 15.1 Å². The molecule has 0 aromatic heterocycles. The predicted molar refractivity (Wildman–Crippen MR) is 131 cm³/mol. The van der Waals surface area contributed by atoms with Crippen LogP contribution in [-0.2, 0) is 27.4 Å². The van der Waals surface area contributed by atoms with Gasteiger partial charge in [-0.15, -0.1) is 5.06 Å². The summed E-state index contributed by atoms with van der Waals surface area (Å²) in [6.45, 7) is -0.273. The number of halogens is 3. The number of hydrogen-bond donors (Lipinski definition) is 1. The first-order valence-corrected chi connectivity index (χ1v) is 11.7. The summed E-state index contributed by atoms with van der Waals surface area (Å²) in [6.07, 6.45) is -0.301. The van der Waals surface area contributed by atoms with Crippen molar-refractivity contribution < 1.29 is 29.0 Å². The molecule has 1 heterocycles. The summed E-state index contributed by atoms with van der Waals surface area (Å²) in [6, 6.07) is 16.8. The van der Waals surface area contributed by atoms with Crippen molar-refractivity contribution in [3.63, 3.8) is 0 Å². The van der Waals surface area contributed by atoms with Gasteiger partial charge in [0.05, 0.1) is 6.04 Å². The number of hydroxylamine groups is 2. The number of fused-ring (bicyclic) bond motifs is 1. The highest BCUT2D eigenvalue weighted by Crippen LogP contribution is 2.40. The molecule has 182 valence electrons. The van der Waals surface area contributed by atoms with Crippen molar-refractivity contribution in [3.8, 4) is 5.75 Å². The molecule has 7 nitrogen and oxygen atoms in total. The van der Waals surface area contributed by atoms with Crippen molar-refractivity contribution in [3.05, 3.63) is 98.0 Å². The predicted octanol–water partition coefficient (Wildman–Crippen LogP) is 6.33. The van der Waals surface area contributed by atoms with E-state index in [2.05, 4.69) is 0 Å². The monoisotopic (exact) mass is 535 g/mol. The lowest BCUT2D eigenvalue weighted by Crippen LogP contribution is -2.38. The Bertz CT molecular complexity index is 1250. The number of carboxylic acids is 1. The van der Waals surface area contributed by atoms with Crippen molar-refractivity contribution in [2.24, 2.45) is 0 Å². The van der Waals surface area contributed by atoms with Crippen LogP contribution in [0.4, 0.5) is 4.79 Å². The first-order chi connectivity index (χ1) is 16.8. The van der Waals surface area contributed by atoms with Crippen LogP contribution >= 0.6 is 34.8 Å². The second kappa shape index (κ2) is 11.2. The SMILES string of the molecule is O=C(O)COc1ccc(Cl)cc1C1c2ccccc2CCN1OC(=O)OCc1ccc(Cl)cc1Cl. The van der Waals surface area contributed by atoms with E-state index in [-0.39, 0.29) is 6.61 Å². The molecule has 1 unspecified atom stereocenters. The van der Waals surface area contributed by atoms with E-state index >= 15 is 0 Å². The first kappa shape index (κ1) is 25.1. The molecule has 0 aliphatic carbocycles. The fraction of sp³-hybridized carbons (Fsp3) is 0.200. The Hall–Kier alpha value is -2.97. The van der Waals surface area contributed by atoms with Crippen molar-refractivity contribution in [2.75, 3.05) is 13.2 Å². The van der Waals surface area contributed by atoms with Gasteiger partial charge in [0.25, 0.3) is 0 Å². The molecular weight excluding hydrogens is 517 g/mol. The minimum atomic E-state index is -1.12. The third-order valence-electron chi connectivity index (χ3n) is 5.41. The highest BCUT2D eigenvalue weighted by atomic mass is 35.5. The minimum Gasteiger partial charge on any atom is -0.482 e. The number of aliphatic carboxylic acids is 1. The van der Waals surface area contributed by atoms with Crippen LogP contribution in [0.5, 0.6) is 5.75 Å². The smallest absolute Gasteiger partial charge is 0.482 e. The van der Waals surface area contributed by atoms with Gasteiger partial charge in [0, 0.05) is 32.7 Å². The van der Waals surface area contributed by atoms with E-state index in [1.54, 1.807) is 36.4 Å². The van der Waals surface area contributed by atoms with E-state index in [0.717, 1.165) is 11.1 Å². The second-order valence-corrected chi connectivity index (χ2v) is 9.00. The van der Waals surface area contributed by atoms with Crippen LogP contribution < -0.4 is 4.74 Å². The lowest BCUT2D eigenvalue weighted by Gasteiger charge is -2.36. The average molecular weight is 537 g/mol. The lowest BCUT2D eigenvalue weighted by molar-refractivity contribution is -0.152. The molecule has 1 N–H and O–H groups in total. The van der Waals surface area contributed by atoms with Crippen LogP contribution in [0, 0.1) is 0 Å². The number of nitrogens with zero attached hydrogens (tertiary/aromatic N) is 1. The van der Waals surface area contributed by atoms with Crippen LogP contribution in [0.15, 0.2) is 60.7 Å². The molecule has 0 saturated carbocycles. The number of hydrogen-bond acceptors (Lipinski definition) is 6. The third kappa shape index (κ3) is 6.18. The molecule has 3 aromatic carbocycles. The fourth-order valence-corrected chi connectivity index (χ4v) is 4.51. The molecular formula is C25H20Cl3NO6. The molecule has 0 bridgehead atoms. The number of ether oxygens (including phenoxy) is 2. The average Bonchev–Trinajstić information content (AvgIpc) is 2.82. The van der Waals surface area contributed by atoms with Gasteiger partial charge in [-0.2, -0.15) is 0 Å². The van der Waals surface area contributed by atoms with E-state index in [0.29, 0.717) is 44.9 Å². The zero-order valence-electron chi connectivity index (χ0n) is 18.2. The highest BCUT2D eigenvalue weighted by molar-refractivity contribution is 6.35. The maximum atomic E-state index is 12.6. The van der Waals surface area contributed by atoms with E-state index in [1.165, 1.54) is 5.06 Å². The van der Waals surface area contributed by atoms with Gasteiger partial charge >= 0.3 is 12.1 Å². The number of rotatable bonds is 7. The zero-order chi connectivity index (χ0) is 24.9. The molecule has 0 fully saturated rings. The zero-order valence-corrected chi connectivity index (χ0v) is 20.5. The van der Waals surface area contributed by atoms with Gasteiger partial charge in [-0.05, 0) is 47.9 Å². The molecule has 1 atom stereocenters. The van der Waals surface area contributed by atoms with Crippen molar-refractivity contribution in [1.29, 1.82) is 0 Å². The molecule has 0 radical (unpaired) electrons. The van der Waals surface area contributed by atoms with E-state index in [9.17, 15) is 9.59 Å². The summed E-state index contributed by atoms with van der Waals surface area (Å²) in [5, 5.41) is 11.8.